The molecule has 0 aliphatic heterocycles. The number of nitrogens with zero attached hydrogens (tertiary/aromatic N) is 2. The molecule has 0 fully saturated rings. The molecule has 1 aromatic rings. The molecule has 1 heterocycles. The summed E-state index contributed by atoms with van der Waals surface area (Å²) in [6.45, 7) is 0.626. The lowest BCUT2D eigenvalue weighted by molar-refractivity contribution is -0.385. The van der Waals surface area contributed by atoms with E-state index < -0.39 is 4.92 Å². The lowest BCUT2D eigenvalue weighted by Crippen LogP contribution is -2.04. The molecule has 5 nitrogen and oxygen atoms in total. The molecule has 0 atom stereocenters. The predicted octanol–water partition coefficient (Wildman–Crippen LogP) is 1.88. The van der Waals surface area contributed by atoms with Gasteiger partial charge >= 0.3 is 0 Å². The second kappa shape index (κ2) is 5.43. The van der Waals surface area contributed by atoms with Gasteiger partial charge in [0.15, 0.2) is 0 Å². The second-order valence-corrected chi connectivity index (χ2v) is 3.21. The Morgan fingerprint density at radius 3 is 3.07 bits per heavy atom. The minimum Gasteiger partial charge on any atom is -0.316 e. The van der Waals surface area contributed by atoms with E-state index in [0.717, 1.165) is 0 Å². The lowest BCUT2D eigenvalue weighted by atomic mass is 10.3. The average molecular weight is 228 g/mol. The van der Waals surface area contributed by atoms with Gasteiger partial charge in [0.25, 0.3) is 5.69 Å². The van der Waals surface area contributed by atoms with Crippen molar-refractivity contribution < 1.29 is 4.92 Å². The number of rotatable bonds is 4. The van der Waals surface area contributed by atoms with Crippen molar-refractivity contribution in [3.05, 3.63) is 39.2 Å². The van der Waals surface area contributed by atoms with Crippen molar-refractivity contribution in [2.45, 2.75) is 0 Å². The van der Waals surface area contributed by atoms with Crippen molar-refractivity contribution in [2.24, 2.45) is 0 Å². The van der Waals surface area contributed by atoms with Crippen molar-refractivity contribution in [1.29, 1.82) is 0 Å². The first kappa shape index (κ1) is 11.6. The highest BCUT2D eigenvalue weighted by atomic mass is 35.5. The summed E-state index contributed by atoms with van der Waals surface area (Å²) in [7, 11) is 1.79. The Morgan fingerprint density at radius 1 is 1.73 bits per heavy atom. The Morgan fingerprint density at radius 2 is 2.47 bits per heavy atom. The fourth-order valence-electron chi connectivity index (χ4n) is 1.00. The van der Waals surface area contributed by atoms with Gasteiger partial charge in [-0.15, -0.1) is 0 Å². The van der Waals surface area contributed by atoms with Gasteiger partial charge in [-0.2, -0.15) is 0 Å². The van der Waals surface area contributed by atoms with Crippen LogP contribution in [-0.2, 0) is 0 Å². The summed E-state index contributed by atoms with van der Waals surface area (Å²) in [5.41, 5.74) is 0.217. The van der Waals surface area contributed by atoms with Gasteiger partial charge in [0.05, 0.1) is 9.95 Å². The van der Waals surface area contributed by atoms with E-state index in [2.05, 4.69) is 10.3 Å². The maximum Gasteiger partial charge on any atom is 0.296 e. The van der Waals surface area contributed by atoms with E-state index in [1.54, 1.807) is 19.2 Å². The number of nitrogens with one attached hydrogen (secondary N) is 1. The number of hydrogen-bond donors (Lipinski definition) is 1. The molecule has 0 saturated heterocycles. The van der Waals surface area contributed by atoms with Crippen molar-refractivity contribution >= 4 is 23.4 Å². The number of likely N-dealkylation sites (N-methyl/N-ethyl adjacent to an activating group) is 1. The molecule has 1 aromatic heterocycles. The van der Waals surface area contributed by atoms with Gasteiger partial charge < -0.3 is 5.32 Å². The predicted molar refractivity (Wildman–Crippen MR) is 58.9 cm³/mol. The summed E-state index contributed by atoms with van der Waals surface area (Å²) in [5, 5.41) is 13.8. The number of nitro groups is 1. The number of halogens is 1. The van der Waals surface area contributed by atoms with E-state index in [-0.39, 0.29) is 10.7 Å². The molecule has 0 unspecified atom stereocenters. The standard InChI is InChI=1S/C9H10ClN3O2/c1-11-4-2-3-8-9(13(14)15)5-7(10)6-12-8/h2-3,5-6,11H,4H2,1H3. The quantitative estimate of drug-likeness (QED) is 0.630. The Balaban J connectivity index is 3.01. The summed E-state index contributed by atoms with van der Waals surface area (Å²) >= 11 is 5.62. The van der Waals surface area contributed by atoms with Crippen LogP contribution in [0, 0.1) is 10.1 Å². The SMILES string of the molecule is CNCC=Cc1ncc(Cl)cc1[N+](=O)[O-]. The van der Waals surface area contributed by atoms with Crippen LogP contribution in [0.2, 0.25) is 5.02 Å². The van der Waals surface area contributed by atoms with E-state index >= 15 is 0 Å². The highest BCUT2D eigenvalue weighted by Crippen LogP contribution is 2.21. The van der Waals surface area contributed by atoms with Crippen LogP contribution >= 0.6 is 11.6 Å². The van der Waals surface area contributed by atoms with Gasteiger partial charge in [0.1, 0.15) is 5.69 Å². The summed E-state index contributed by atoms with van der Waals surface area (Å²) in [4.78, 5) is 14.0. The third kappa shape index (κ3) is 3.30. The van der Waals surface area contributed by atoms with Crippen LogP contribution < -0.4 is 5.32 Å². The van der Waals surface area contributed by atoms with E-state index in [1.807, 2.05) is 0 Å². The second-order valence-electron chi connectivity index (χ2n) is 2.78. The molecule has 15 heavy (non-hydrogen) atoms. The molecule has 6 heteroatoms. The summed E-state index contributed by atoms with van der Waals surface area (Å²) in [5.74, 6) is 0. The van der Waals surface area contributed by atoms with Crippen LogP contribution in [-0.4, -0.2) is 23.5 Å². The zero-order valence-electron chi connectivity index (χ0n) is 8.11. The monoisotopic (exact) mass is 227 g/mol. The van der Waals surface area contributed by atoms with Gasteiger partial charge in [0.2, 0.25) is 0 Å². The summed E-state index contributed by atoms with van der Waals surface area (Å²) in [6.07, 6.45) is 4.72. The maximum absolute atomic E-state index is 10.7. The fourth-order valence-corrected chi connectivity index (χ4v) is 1.15. The van der Waals surface area contributed by atoms with Crippen LogP contribution in [0.25, 0.3) is 6.08 Å². The number of pyridine rings is 1. The molecule has 80 valence electrons. The molecule has 0 bridgehead atoms. The minimum atomic E-state index is -0.502. The molecule has 0 radical (unpaired) electrons. The summed E-state index contributed by atoms with van der Waals surface area (Å²) < 4.78 is 0. The topological polar surface area (TPSA) is 68.1 Å². The van der Waals surface area contributed by atoms with Crippen molar-refractivity contribution in [2.75, 3.05) is 13.6 Å². The number of aromatic nitrogens is 1. The molecule has 0 aliphatic rings. The fraction of sp³-hybridized carbons (Fsp3) is 0.222. The van der Waals surface area contributed by atoms with Crippen LogP contribution in [0.4, 0.5) is 5.69 Å². The minimum absolute atomic E-state index is 0.0881. The van der Waals surface area contributed by atoms with E-state index in [4.69, 9.17) is 11.6 Å². The Labute approximate surface area is 91.9 Å². The molecule has 0 aliphatic carbocycles. The Kier molecular flexibility index (Phi) is 4.20. The smallest absolute Gasteiger partial charge is 0.296 e. The van der Waals surface area contributed by atoms with Crippen molar-refractivity contribution in [3.63, 3.8) is 0 Å². The third-order valence-corrected chi connectivity index (χ3v) is 1.87. The zero-order valence-corrected chi connectivity index (χ0v) is 8.86. The number of hydrogen-bond acceptors (Lipinski definition) is 4. The van der Waals surface area contributed by atoms with Crippen LogP contribution in [0.15, 0.2) is 18.3 Å². The van der Waals surface area contributed by atoms with E-state index in [1.165, 1.54) is 12.3 Å². The van der Waals surface area contributed by atoms with E-state index in [9.17, 15) is 10.1 Å². The Bertz CT molecular complexity index is 393. The van der Waals surface area contributed by atoms with Crippen LogP contribution in [0.1, 0.15) is 5.69 Å². The molecule has 0 saturated carbocycles. The molecule has 0 amide bonds. The summed E-state index contributed by atoms with van der Waals surface area (Å²) in [6, 6.07) is 1.29. The van der Waals surface area contributed by atoms with Gasteiger partial charge in [-0.25, -0.2) is 4.98 Å². The van der Waals surface area contributed by atoms with Gasteiger partial charge in [0, 0.05) is 18.8 Å². The van der Waals surface area contributed by atoms with Crippen molar-refractivity contribution in [1.82, 2.24) is 10.3 Å². The maximum atomic E-state index is 10.7. The van der Waals surface area contributed by atoms with Crippen LogP contribution in [0.5, 0.6) is 0 Å². The molecular formula is C9H10ClN3O2. The average Bonchev–Trinajstić information content (AvgIpc) is 2.20. The Hall–Kier alpha value is -1.46. The first-order valence-electron chi connectivity index (χ1n) is 4.26. The van der Waals surface area contributed by atoms with Gasteiger partial charge in [-0.05, 0) is 13.1 Å². The van der Waals surface area contributed by atoms with Crippen molar-refractivity contribution in [3.8, 4) is 0 Å². The van der Waals surface area contributed by atoms with E-state index in [0.29, 0.717) is 12.2 Å². The first-order valence-corrected chi connectivity index (χ1v) is 4.64. The molecular weight excluding hydrogens is 218 g/mol. The zero-order chi connectivity index (χ0) is 11.3. The highest BCUT2D eigenvalue weighted by molar-refractivity contribution is 6.30. The normalized spacial score (nSPS) is 10.8. The lowest BCUT2D eigenvalue weighted by Gasteiger charge is -1.97. The van der Waals surface area contributed by atoms with Crippen LogP contribution in [0.3, 0.4) is 0 Å². The first-order chi connectivity index (χ1) is 7.15. The molecule has 1 rings (SSSR count). The molecule has 0 spiro atoms. The highest BCUT2D eigenvalue weighted by Gasteiger charge is 2.12. The van der Waals surface area contributed by atoms with Gasteiger partial charge in [-0.1, -0.05) is 17.7 Å². The molecule has 0 aromatic carbocycles. The largest absolute Gasteiger partial charge is 0.316 e. The van der Waals surface area contributed by atoms with Gasteiger partial charge in [-0.3, -0.25) is 10.1 Å². The molecule has 1 N–H and O–H groups in total. The third-order valence-electron chi connectivity index (χ3n) is 1.66.